The molecule has 0 saturated heterocycles. The summed E-state index contributed by atoms with van der Waals surface area (Å²) in [6.07, 6.45) is 0. The van der Waals surface area contributed by atoms with Gasteiger partial charge in [-0.2, -0.15) is 0 Å². The van der Waals surface area contributed by atoms with Crippen LogP contribution in [0.25, 0.3) is 0 Å². The third-order valence-corrected chi connectivity index (χ3v) is 3.74. The van der Waals surface area contributed by atoms with Crippen LogP contribution in [0.4, 0.5) is 0 Å². The molecule has 1 aliphatic heterocycles. The van der Waals surface area contributed by atoms with Crippen molar-refractivity contribution in [2.45, 2.75) is 19.8 Å². The van der Waals surface area contributed by atoms with Gasteiger partial charge >= 0.3 is 5.97 Å². The molecule has 1 atom stereocenters. The van der Waals surface area contributed by atoms with Crippen molar-refractivity contribution in [1.29, 1.82) is 0 Å². The van der Waals surface area contributed by atoms with E-state index in [4.69, 9.17) is 14.6 Å². The summed E-state index contributed by atoms with van der Waals surface area (Å²) in [6, 6.07) is 1.72. The molecule has 0 spiro atoms. The Morgan fingerprint density at radius 2 is 2.25 bits per heavy atom. The first-order valence-corrected chi connectivity index (χ1v) is 5.63. The van der Waals surface area contributed by atoms with Crippen molar-refractivity contribution in [3.05, 3.63) is 21.7 Å². The van der Waals surface area contributed by atoms with Crippen molar-refractivity contribution in [2.75, 3.05) is 6.79 Å². The van der Waals surface area contributed by atoms with E-state index in [2.05, 4.69) is 15.9 Å². The molecule has 0 fully saturated rings. The number of aliphatic carboxylic acids is 1. The van der Waals surface area contributed by atoms with Crippen LogP contribution in [-0.2, 0) is 4.79 Å². The Balaban J connectivity index is 2.56. The molecular formula is C11H11BrO4. The largest absolute Gasteiger partial charge is 0.481 e. The van der Waals surface area contributed by atoms with E-state index < -0.39 is 11.9 Å². The lowest BCUT2D eigenvalue weighted by atomic mass is 9.98. The van der Waals surface area contributed by atoms with Gasteiger partial charge in [0.05, 0.1) is 5.92 Å². The summed E-state index contributed by atoms with van der Waals surface area (Å²) in [7, 11) is 0. The van der Waals surface area contributed by atoms with E-state index in [1.54, 1.807) is 13.0 Å². The minimum absolute atomic E-state index is 0.188. The number of hydrogen-bond donors (Lipinski definition) is 1. The first kappa shape index (κ1) is 11.3. The van der Waals surface area contributed by atoms with Gasteiger partial charge in [-0.05, 0) is 25.5 Å². The summed E-state index contributed by atoms with van der Waals surface area (Å²) < 4.78 is 11.3. The number of halogens is 1. The number of hydrogen-bond acceptors (Lipinski definition) is 3. The lowest BCUT2D eigenvalue weighted by Crippen LogP contribution is -2.08. The van der Waals surface area contributed by atoms with E-state index in [9.17, 15) is 4.79 Å². The predicted octanol–water partition coefficient (Wildman–Crippen LogP) is 2.67. The number of fused-ring (bicyclic) bond motifs is 1. The van der Waals surface area contributed by atoms with Crippen LogP contribution in [-0.4, -0.2) is 17.9 Å². The second-order valence-corrected chi connectivity index (χ2v) is 4.49. The van der Waals surface area contributed by atoms with Gasteiger partial charge in [-0.25, -0.2) is 0 Å². The number of benzene rings is 1. The lowest BCUT2D eigenvalue weighted by molar-refractivity contribution is -0.138. The van der Waals surface area contributed by atoms with Gasteiger partial charge < -0.3 is 14.6 Å². The van der Waals surface area contributed by atoms with Gasteiger partial charge in [0, 0.05) is 10.0 Å². The Kier molecular flexibility index (Phi) is 2.80. The Morgan fingerprint density at radius 3 is 2.88 bits per heavy atom. The van der Waals surface area contributed by atoms with Gasteiger partial charge in [0.15, 0.2) is 11.5 Å². The minimum Gasteiger partial charge on any atom is -0.481 e. The van der Waals surface area contributed by atoms with Gasteiger partial charge in [-0.15, -0.1) is 0 Å². The minimum atomic E-state index is -0.862. The zero-order chi connectivity index (χ0) is 11.9. The molecule has 2 rings (SSSR count). The molecule has 1 heterocycles. The van der Waals surface area contributed by atoms with Crippen molar-refractivity contribution in [3.8, 4) is 11.5 Å². The Labute approximate surface area is 101 Å². The number of carboxylic acids is 1. The number of carbonyl (C=O) groups is 1. The molecule has 1 aliphatic rings. The smallest absolute Gasteiger partial charge is 0.310 e. The first-order valence-electron chi connectivity index (χ1n) is 4.83. The average molecular weight is 287 g/mol. The van der Waals surface area contributed by atoms with Crippen molar-refractivity contribution in [2.24, 2.45) is 0 Å². The monoisotopic (exact) mass is 286 g/mol. The quantitative estimate of drug-likeness (QED) is 0.908. The molecule has 1 unspecified atom stereocenters. The van der Waals surface area contributed by atoms with Gasteiger partial charge in [0.25, 0.3) is 0 Å². The van der Waals surface area contributed by atoms with Crippen LogP contribution in [0.1, 0.15) is 24.0 Å². The maximum atomic E-state index is 11.0. The molecule has 1 aromatic rings. The fraction of sp³-hybridized carbons (Fsp3) is 0.364. The molecular weight excluding hydrogens is 276 g/mol. The van der Waals surface area contributed by atoms with Crippen LogP contribution in [0.2, 0.25) is 0 Å². The highest BCUT2D eigenvalue weighted by atomic mass is 79.9. The second kappa shape index (κ2) is 3.97. The van der Waals surface area contributed by atoms with Crippen LogP contribution < -0.4 is 9.47 Å². The molecule has 16 heavy (non-hydrogen) atoms. The summed E-state index contributed by atoms with van der Waals surface area (Å²) >= 11 is 3.40. The number of rotatable bonds is 2. The Bertz CT molecular complexity index is 456. The first-order chi connectivity index (χ1) is 7.52. The Hall–Kier alpha value is -1.23. The van der Waals surface area contributed by atoms with Crippen LogP contribution in [0.15, 0.2) is 10.5 Å². The highest BCUT2D eigenvalue weighted by Gasteiger charge is 2.25. The van der Waals surface area contributed by atoms with Crippen LogP contribution in [0, 0.1) is 6.92 Å². The fourth-order valence-electron chi connectivity index (χ4n) is 1.66. The molecule has 0 bridgehead atoms. The van der Waals surface area contributed by atoms with Gasteiger partial charge in [-0.1, -0.05) is 15.9 Å². The molecule has 4 nitrogen and oxygen atoms in total. The van der Waals surface area contributed by atoms with Gasteiger partial charge in [0.2, 0.25) is 6.79 Å². The van der Waals surface area contributed by atoms with E-state index in [0.29, 0.717) is 17.1 Å². The zero-order valence-electron chi connectivity index (χ0n) is 8.91. The third-order valence-electron chi connectivity index (χ3n) is 2.69. The molecule has 1 N–H and O–H groups in total. The van der Waals surface area contributed by atoms with Crippen molar-refractivity contribution in [3.63, 3.8) is 0 Å². The third kappa shape index (κ3) is 1.65. The van der Waals surface area contributed by atoms with E-state index in [1.165, 1.54) is 0 Å². The van der Waals surface area contributed by atoms with Gasteiger partial charge in [-0.3, -0.25) is 4.79 Å². The lowest BCUT2D eigenvalue weighted by Gasteiger charge is -2.13. The van der Waals surface area contributed by atoms with Crippen LogP contribution in [0.3, 0.4) is 0 Å². The van der Waals surface area contributed by atoms with Gasteiger partial charge in [0.1, 0.15) is 0 Å². The standard InChI is InChI=1S/C11H11BrO4/c1-5(11(13)14)7-3-8-10(16-4-15-8)6(2)9(7)12/h3,5H,4H2,1-2H3,(H,13,14). The van der Waals surface area contributed by atoms with Crippen molar-refractivity contribution in [1.82, 2.24) is 0 Å². The maximum absolute atomic E-state index is 11.0. The highest BCUT2D eigenvalue weighted by Crippen LogP contribution is 2.43. The van der Waals surface area contributed by atoms with Crippen molar-refractivity contribution < 1.29 is 19.4 Å². The van der Waals surface area contributed by atoms with Crippen molar-refractivity contribution >= 4 is 21.9 Å². The van der Waals surface area contributed by atoms with E-state index in [-0.39, 0.29) is 6.79 Å². The number of carboxylic acid groups (broad SMARTS) is 1. The average Bonchev–Trinajstić information content (AvgIpc) is 2.70. The second-order valence-electron chi connectivity index (χ2n) is 3.70. The summed E-state index contributed by atoms with van der Waals surface area (Å²) in [5.41, 5.74) is 1.58. The highest BCUT2D eigenvalue weighted by molar-refractivity contribution is 9.10. The summed E-state index contributed by atoms with van der Waals surface area (Å²) in [6.45, 7) is 3.70. The SMILES string of the molecule is Cc1c(Br)c(C(C)C(=O)O)cc2c1OCO2. The molecule has 5 heteroatoms. The molecule has 86 valence electrons. The summed E-state index contributed by atoms with van der Waals surface area (Å²) in [4.78, 5) is 11.0. The van der Waals surface area contributed by atoms with E-state index in [0.717, 1.165) is 10.0 Å². The normalized spacial score (nSPS) is 14.9. The summed E-state index contributed by atoms with van der Waals surface area (Å²) in [5.74, 6) is -0.140. The topological polar surface area (TPSA) is 55.8 Å². The Morgan fingerprint density at radius 1 is 1.56 bits per heavy atom. The molecule has 0 radical (unpaired) electrons. The number of ether oxygens (including phenoxy) is 2. The van der Waals surface area contributed by atoms with Crippen LogP contribution >= 0.6 is 15.9 Å². The summed E-state index contributed by atoms with van der Waals surface area (Å²) in [5, 5.41) is 9.01. The molecule has 0 aliphatic carbocycles. The van der Waals surface area contributed by atoms with E-state index in [1.807, 2.05) is 6.92 Å². The zero-order valence-corrected chi connectivity index (χ0v) is 10.5. The molecule has 0 saturated carbocycles. The van der Waals surface area contributed by atoms with E-state index >= 15 is 0 Å². The maximum Gasteiger partial charge on any atom is 0.310 e. The predicted molar refractivity (Wildman–Crippen MR) is 61.1 cm³/mol. The fourth-order valence-corrected chi connectivity index (χ4v) is 2.30. The molecule has 0 amide bonds. The molecule has 1 aromatic carbocycles. The molecule has 0 aromatic heterocycles. The van der Waals surface area contributed by atoms with Crippen LogP contribution in [0.5, 0.6) is 11.5 Å².